The van der Waals surface area contributed by atoms with Gasteiger partial charge in [-0.25, -0.2) is 9.59 Å². The molecule has 32 heavy (non-hydrogen) atoms. The van der Waals surface area contributed by atoms with E-state index >= 15 is 0 Å². The quantitative estimate of drug-likeness (QED) is 0.450. The molecule has 8 nitrogen and oxygen atoms in total. The summed E-state index contributed by atoms with van der Waals surface area (Å²) in [6, 6.07) is 16.2. The Balaban J connectivity index is 1.41. The number of carbonyl (C=O) groups excluding carboxylic acids is 2. The molecule has 4 N–H and O–H groups in total. The van der Waals surface area contributed by atoms with Crippen LogP contribution in [0, 0.1) is 5.92 Å². The average molecular weight is 440 g/mol. The molecule has 0 saturated heterocycles. The first-order chi connectivity index (χ1) is 15.4. The van der Waals surface area contributed by atoms with Crippen LogP contribution in [0.2, 0.25) is 0 Å². The molecule has 3 rings (SSSR count). The van der Waals surface area contributed by atoms with Crippen LogP contribution in [0.1, 0.15) is 36.8 Å². The number of hydrogen-bond donors (Lipinski definition) is 4. The van der Waals surface area contributed by atoms with E-state index in [-0.39, 0.29) is 50.3 Å². The highest BCUT2D eigenvalue weighted by Gasteiger charge is 2.29. The molecule has 8 heteroatoms. The number of amides is 2. The highest BCUT2D eigenvalue weighted by Crippen LogP contribution is 2.44. The minimum Gasteiger partial charge on any atom is -0.479 e. The van der Waals surface area contributed by atoms with Crippen molar-refractivity contribution < 1.29 is 29.3 Å². The maximum atomic E-state index is 12.2. The van der Waals surface area contributed by atoms with Crippen LogP contribution in [0.5, 0.6) is 0 Å². The summed E-state index contributed by atoms with van der Waals surface area (Å²) in [5.74, 6) is -1.75. The average Bonchev–Trinajstić information content (AvgIpc) is 3.10. The number of aliphatic hydroxyl groups excluding tert-OH is 1. The highest BCUT2D eigenvalue weighted by atomic mass is 16.5. The molecule has 170 valence electrons. The van der Waals surface area contributed by atoms with Gasteiger partial charge in [0.15, 0.2) is 6.10 Å². The maximum absolute atomic E-state index is 12.2. The van der Waals surface area contributed by atoms with E-state index in [0.29, 0.717) is 0 Å². The first-order valence-corrected chi connectivity index (χ1v) is 10.6. The van der Waals surface area contributed by atoms with E-state index in [2.05, 4.69) is 34.9 Å². The molecule has 0 saturated carbocycles. The van der Waals surface area contributed by atoms with Gasteiger partial charge in [-0.05, 0) is 28.2 Å². The monoisotopic (exact) mass is 440 g/mol. The molecule has 0 spiro atoms. The van der Waals surface area contributed by atoms with Crippen molar-refractivity contribution in [1.29, 1.82) is 0 Å². The summed E-state index contributed by atoms with van der Waals surface area (Å²) in [7, 11) is 0. The van der Waals surface area contributed by atoms with Crippen LogP contribution in [0.15, 0.2) is 48.5 Å². The molecule has 1 unspecified atom stereocenters. The second-order valence-electron chi connectivity index (χ2n) is 8.01. The van der Waals surface area contributed by atoms with Gasteiger partial charge in [-0.1, -0.05) is 55.5 Å². The van der Waals surface area contributed by atoms with Crippen LogP contribution in [-0.2, 0) is 14.3 Å². The molecule has 2 atom stereocenters. The number of fused-ring (bicyclic) bond motifs is 3. The fourth-order valence-corrected chi connectivity index (χ4v) is 3.84. The molecule has 2 aromatic carbocycles. The number of carboxylic acids is 1. The first-order valence-electron chi connectivity index (χ1n) is 10.6. The van der Waals surface area contributed by atoms with E-state index in [0.717, 1.165) is 22.3 Å². The van der Waals surface area contributed by atoms with Crippen LogP contribution in [0.4, 0.5) is 4.79 Å². The lowest BCUT2D eigenvalue weighted by Crippen LogP contribution is -2.34. The topological polar surface area (TPSA) is 125 Å². The molecule has 0 bridgehead atoms. The van der Waals surface area contributed by atoms with Gasteiger partial charge in [0.05, 0.1) is 0 Å². The number of hydrogen-bond acceptors (Lipinski definition) is 5. The largest absolute Gasteiger partial charge is 0.479 e. The Morgan fingerprint density at radius 3 is 2.19 bits per heavy atom. The minimum atomic E-state index is -1.50. The van der Waals surface area contributed by atoms with Gasteiger partial charge in [-0.3, -0.25) is 4.79 Å². The molecular formula is C24H28N2O6. The molecule has 1 aliphatic rings. The van der Waals surface area contributed by atoms with E-state index in [1.165, 1.54) is 0 Å². The number of carbonyl (C=O) groups is 3. The second-order valence-corrected chi connectivity index (χ2v) is 8.01. The summed E-state index contributed by atoms with van der Waals surface area (Å²) in [4.78, 5) is 34.7. The smallest absolute Gasteiger partial charge is 0.407 e. The number of rotatable bonds is 10. The zero-order valence-corrected chi connectivity index (χ0v) is 17.9. The SMILES string of the molecule is CC(CNC(=O)OCC1c2ccccc2-c2ccccc21)CC(=O)NCC[C@H](O)C(=O)O. The lowest BCUT2D eigenvalue weighted by Gasteiger charge is -2.16. The predicted octanol–water partition coefficient (Wildman–Crippen LogP) is 2.50. The predicted molar refractivity (Wildman–Crippen MR) is 118 cm³/mol. The van der Waals surface area contributed by atoms with Crippen LogP contribution in [0.25, 0.3) is 11.1 Å². The Hall–Kier alpha value is -3.39. The summed E-state index contributed by atoms with van der Waals surface area (Å²) in [5, 5.41) is 23.1. The van der Waals surface area contributed by atoms with E-state index < -0.39 is 18.2 Å². The summed E-state index contributed by atoms with van der Waals surface area (Å²) >= 11 is 0. The summed E-state index contributed by atoms with van der Waals surface area (Å²) in [6.45, 7) is 2.37. The molecule has 0 aromatic heterocycles. The van der Waals surface area contributed by atoms with Gasteiger partial charge in [0.1, 0.15) is 6.61 Å². The van der Waals surface area contributed by atoms with Crippen molar-refractivity contribution >= 4 is 18.0 Å². The van der Waals surface area contributed by atoms with Gasteiger partial charge < -0.3 is 25.6 Å². The maximum Gasteiger partial charge on any atom is 0.407 e. The number of carboxylic acid groups (broad SMARTS) is 1. The van der Waals surface area contributed by atoms with Crippen LogP contribution in [-0.4, -0.2) is 54.0 Å². The number of ether oxygens (including phenoxy) is 1. The van der Waals surface area contributed by atoms with Gasteiger partial charge in [0, 0.05) is 31.8 Å². The van der Waals surface area contributed by atoms with Gasteiger partial charge in [0.25, 0.3) is 0 Å². The summed E-state index contributed by atoms with van der Waals surface area (Å²) in [6.07, 6.45) is -1.94. The van der Waals surface area contributed by atoms with Gasteiger partial charge in [0.2, 0.25) is 5.91 Å². The van der Waals surface area contributed by atoms with Crippen molar-refractivity contribution in [2.24, 2.45) is 5.92 Å². The molecule has 1 aliphatic carbocycles. The number of nitrogens with one attached hydrogen (secondary N) is 2. The number of alkyl carbamates (subject to hydrolysis) is 1. The van der Waals surface area contributed by atoms with Crippen molar-refractivity contribution in [3.63, 3.8) is 0 Å². The molecular weight excluding hydrogens is 412 g/mol. The number of aliphatic hydroxyl groups is 1. The van der Waals surface area contributed by atoms with E-state index in [9.17, 15) is 19.5 Å². The Labute approximate surface area is 186 Å². The van der Waals surface area contributed by atoms with E-state index in [1.807, 2.05) is 31.2 Å². The zero-order valence-electron chi connectivity index (χ0n) is 17.9. The molecule has 2 amide bonds. The highest BCUT2D eigenvalue weighted by molar-refractivity contribution is 5.79. The van der Waals surface area contributed by atoms with Crippen LogP contribution >= 0.6 is 0 Å². The van der Waals surface area contributed by atoms with Gasteiger partial charge >= 0.3 is 12.1 Å². The van der Waals surface area contributed by atoms with Crippen molar-refractivity contribution in [3.05, 3.63) is 59.7 Å². The van der Waals surface area contributed by atoms with Crippen LogP contribution < -0.4 is 10.6 Å². The van der Waals surface area contributed by atoms with Crippen molar-refractivity contribution in [1.82, 2.24) is 10.6 Å². The number of benzene rings is 2. The third kappa shape index (κ3) is 5.85. The Kier molecular flexibility index (Phi) is 7.83. The van der Waals surface area contributed by atoms with Crippen molar-refractivity contribution in [3.8, 4) is 11.1 Å². The molecule has 0 aliphatic heterocycles. The summed E-state index contributed by atoms with van der Waals surface area (Å²) < 4.78 is 5.47. The Bertz CT molecular complexity index is 931. The second kappa shape index (κ2) is 10.8. The summed E-state index contributed by atoms with van der Waals surface area (Å²) in [5.41, 5.74) is 4.60. The first kappa shape index (κ1) is 23.3. The Morgan fingerprint density at radius 1 is 1.00 bits per heavy atom. The molecule has 2 aromatic rings. The van der Waals surface area contributed by atoms with Crippen molar-refractivity contribution in [2.45, 2.75) is 31.8 Å². The zero-order chi connectivity index (χ0) is 23.1. The molecule has 0 radical (unpaired) electrons. The van der Waals surface area contributed by atoms with Crippen LogP contribution in [0.3, 0.4) is 0 Å². The standard InChI is InChI=1S/C24H28N2O6/c1-15(12-22(28)25-11-10-21(27)23(29)30)13-26-24(31)32-14-20-18-8-4-2-6-16(18)17-7-3-5-9-19(17)20/h2-9,15,20-21,27H,10-14H2,1H3,(H,25,28)(H,26,31)(H,29,30)/t15?,21-/m0/s1. The fourth-order valence-electron chi connectivity index (χ4n) is 3.84. The van der Waals surface area contributed by atoms with Gasteiger partial charge in [-0.15, -0.1) is 0 Å². The van der Waals surface area contributed by atoms with Gasteiger partial charge in [-0.2, -0.15) is 0 Å². The van der Waals surface area contributed by atoms with E-state index in [4.69, 9.17) is 9.84 Å². The Morgan fingerprint density at radius 2 is 1.59 bits per heavy atom. The van der Waals surface area contributed by atoms with Crippen molar-refractivity contribution in [2.75, 3.05) is 19.7 Å². The normalized spacial score (nSPS) is 14.1. The fraction of sp³-hybridized carbons (Fsp3) is 0.375. The molecule has 0 heterocycles. The van der Waals surface area contributed by atoms with E-state index in [1.54, 1.807) is 0 Å². The number of aliphatic carboxylic acids is 1. The third-order valence-corrected chi connectivity index (χ3v) is 5.50. The third-order valence-electron chi connectivity index (χ3n) is 5.50. The minimum absolute atomic E-state index is 0.0162. The lowest BCUT2D eigenvalue weighted by atomic mass is 9.98. The molecule has 0 fully saturated rings. The lowest BCUT2D eigenvalue weighted by molar-refractivity contribution is -0.147.